The van der Waals surface area contributed by atoms with Crippen molar-refractivity contribution in [2.45, 2.75) is 40.5 Å². The summed E-state index contributed by atoms with van der Waals surface area (Å²) in [6.07, 6.45) is 1.50. The van der Waals surface area contributed by atoms with Crippen molar-refractivity contribution < 1.29 is 4.79 Å². The van der Waals surface area contributed by atoms with E-state index in [0.29, 0.717) is 17.6 Å². The molecule has 0 heterocycles. The molecule has 0 atom stereocenters. The van der Waals surface area contributed by atoms with E-state index in [4.69, 9.17) is 0 Å². The highest BCUT2D eigenvalue weighted by Gasteiger charge is 2.06. The van der Waals surface area contributed by atoms with Crippen LogP contribution in [-0.4, -0.2) is 5.78 Å². The van der Waals surface area contributed by atoms with Crippen LogP contribution < -0.4 is 0 Å². The fraction of sp³-hybridized carbons (Fsp3) is 0.381. The molecule has 0 aliphatic carbocycles. The first-order valence-corrected chi connectivity index (χ1v) is 8.11. The third kappa shape index (κ3) is 7.78. The van der Waals surface area contributed by atoms with Gasteiger partial charge in [0.2, 0.25) is 0 Å². The molecule has 0 radical (unpaired) electrons. The van der Waals surface area contributed by atoms with Crippen molar-refractivity contribution in [1.29, 1.82) is 0 Å². The van der Waals surface area contributed by atoms with Crippen LogP contribution in [0.4, 0.5) is 0 Å². The highest BCUT2D eigenvalue weighted by atomic mass is 16.1. The molecule has 118 valence electrons. The molecule has 22 heavy (non-hydrogen) atoms. The van der Waals surface area contributed by atoms with E-state index in [0.717, 1.165) is 12.8 Å². The number of hydrogen-bond acceptors (Lipinski definition) is 1. The van der Waals surface area contributed by atoms with Gasteiger partial charge >= 0.3 is 0 Å². The molecule has 0 fully saturated rings. The van der Waals surface area contributed by atoms with E-state index >= 15 is 0 Å². The van der Waals surface area contributed by atoms with Crippen LogP contribution in [0, 0.1) is 11.8 Å². The summed E-state index contributed by atoms with van der Waals surface area (Å²) in [6.45, 7) is 8.33. The molecule has 1 nitrogen and oxygen atoms in total. The van der Waals surface area contributed by atoms with Crippen LogP contribution in [0.15, 0.2) is 60.7 Å². The lowest BCUT2D eigenvalue weighted by atomic mass is 10.00. The SMILES string of the molecule is CC(C)CC(=O)CC(C)C.c1ccc(-c2ccccc2)cc1. The molecule has 0 aliphatic heterocycles. The van der Waals surface area contributed by atoms with E-state index in [-0.39, 0.29) is 0 Å². The highest BCUT2D eigenvalue weighted by Crippen LogP contribution is 2.17. The van der Waals surface area contributed by atoms with Gasteiger partial charge in [-0.25, -0.2) is 0 Å². The van der Waals surface area contributed by atoms with Crippen LogP contribution in [0.3, 0.4) is 0 Å². The van der Waals surface area contributed by atoms with E-state index in [9.17, 15) is 4.79 Å². The fourth-order valence-electron chi connectivity index (χ4n) is 2.26. The molecule has 2 aromatic rings. The summed E-state index contributed by atoms with van der Waals surface area (Å²) >= 11 is 0. The largest absolute Gasteiger partial charge is 0.300 e. The van der Waals surface area contributed by atoms with Gasteiger partial charge in [0.05, 0.1) is 0 Å². The van der Waals surface area contributed by atoms with Crippen molar-refractivity contribution in [3.05, 3.63) is 60.7 Å². The Morgan fingerprint density at radius 3 is 1.27 bits per heavy atom. The molecule has 0 saturated heterocycles. The molecule has 0 aliphatic rings. The Balaban J connectivity index is 0.000000225. The number of Topliss-reactive ketones (excluding diaryl/α,β-unsaturated/α-hetero) is 1. The lowest BCUT2D eigenvalue weighted by Crippen LogP contribution is -2.05. The Morgan fingerprint density at radius 1 is 0.682 bits per heavy atom. The predicted molar refractivity (Wildman–Crippen MR) is 95.8 cm³/mol. The van der Waals surface area contributed by atoms with Gasteiger partial charge in [0.15, 0.2) is 0 Å². The maximum absolute atomic E-state index is 11.1. The molecular weight excluding hydrogens is 268 g/mol. The molecule has 0 bridgehead atoms. The third-order valence-corrected chi connectivity index (χ3v) is 3.15. The molecule has 0 spiro atoms. The van der Waals surface area contributed by atoms with E-state index < -0.39 is 0 Å². The van der Waals surface area contributed by atoms with Crippen molar-refractivity contribution >= 4 is 5.78 Å². The molecule has 1 heteroatoms. The van der Waals surface area contributed by atoms with Gasteiger partial charge in [-0.1, -0.05) is 88.4 Å². The molecule has 2 aromatic carbocycles. The normalized spacial score (nSPS) is 10.3. The Kier molecular flexibility index (Phi) is 8.21. The zero-order chi connectivity index (χ0) is 16.4. The average Bonchev–Trinajstić information content (AvgIpc) is 2.48. The molecule has 0 aromatic heterocycles. The second-order valence-electron chi connectivity index (χ2n) is 6.47. The minimum Gasteiger partial charge on any atom is -0.300 e. The van der Waals surface area contributed by atoms with E-state index in [1.54, 1.807) is 0 Å². The van der Waals surface area contributed by atoms with E-state index in [1.165, 1.54) is 11.1 Å². The number of carbonyl (C=O) groups is 1. The lowest BCUT2D eigenvalue weighted by molar-refractivity contribution is -0.120. The Bertz CT molecular complexity index is 477. The van der Waals surface area contributed by atoms with Crippen LogP contribution in [0.5, 0.6) is 0 Å². The summed E-state index contributed by atoms with van der Waals surface area (Å²) in [5.41, 5.74) is 2.55. The number of hydrogen-bond donors (Lipinski definition) is 0. The van der Waals surface area contributed by atoms with Gasteiger partial charge in [-0.2, -0.15) is 0 Å². The molecule has 0 saturated carbocycles. The monoisotopic (exact) mass is 296 g/mol. The van der Waals surface area contributed by atoms with Crippen LogP contribution in [0.1, 0.15) is 40.5 Å². The summed E-state index contributed by atoms with van der Waals surface area (Å²) in [5, 5.41) is 0. The minimum absolute atomic E-state index is 0.407. The summed E-state index contributed by atoms with van der Waals surface area (Å²) in [7, 11) is 0. The van der Waals surface area contributed by atoms with Crippen molar-refractivity contribution in [1.82, 2.24) is 0 Å². The standard InChI is InChI=1S/C12H10.C9H18O/c1-3-7-11(8-4-1)12-9-5-2-6-10-12;1-7(2)5-9(10)6-8(3)4/h1-10H;7-8H,5-6H2,1-4H3. The van der Waals surface area contributed by atoms with Crippen LogP contribution in [0.25, 0.3) is 11.1 Å². The summed E-state index contributed by atoms with van der Waals surface area (Å²) in [4.78, 5) is 11.1. The Morgan fingerprint density at radius 2 is 1.00 bits per heavy atom. The van der Waals surface area contributed by atoms with E-state index in [1.807, 2.05) is 12.1 Å². The van der Waals surface area contributed by atoms with Gasteiger partial charge in [-0.15, -0.1) is 0 Å². The molecule has 0 amide bonds. The second-order valence-corrected chi connectivity index (χ2v) is 6.47. The fourth-order valence-corrected chi connectivity index (χ4v) is 2.26. The maximum atomic E-state index is 11.1. The Hall–Kier alpha value is -1.89. The van der Waals surface area contributed by atoms with Crippen LogP contribution >= 0.6 is 0 Å². The third-order valence-electron chi connectivity index (χ3n) is 3.15. The predicted octanol–water partition coefficient (Wildman–Crippen LogP) is 6.00. The van der Waals surface area contributed by atoms with Gasteiger partial charge in [0, 0.05) is 12.8 Å². The second kappa shape index (κ2) is 9.94. The first-order chi connectivity index (χ1) is 10.5. The zero-order valence-electron chi connectivity index (χ0n) is 14.3. The van der Waals surface area contributed by atoms with E-state index in [2.05, 4.69) is 76.2 Å². The van der Waals surface area contributed by atoms with Gasteiger partial charge in [-0.3, -0.25) is 4.79 Å². The highest BCUT2D eigenvalue weighted by molar-refractivity contribution is 5.78. The lowest BCUT2D eigenvalue weighted by Gasteiger charge is -2.05. The maximum Gasteiger partial charge on any atom is 0.133 e. The Labute approximate surface area is 135 Å². The van der Waals surface area contributed by atoms with Gasteiger partial charge in [-0.05, 0) is 23.0 Å². The number of rotatable bonds is 5. The number of ketones is 1. The summed E-state index contributed by atoms with van der Waals surface area (Å²) in [5.74, 6) is 1.45. The van der Waals surface area contributed by atoms with Crippen molar-refractivity contribution in [3.63, 3.8) is 0 Å². The molecule has 0 unspecified atom stereocenters. The molecule has 0 N–H and O–H groups in total. The summed E-state index contributed by atoms with van der Waals surface area (Å²) < 4.78 is 0. The van der Waals surface area contributed by atoms with Gasteiger partial charge in [0.1, 0.15) is 5.78 Å². The first kappa shape index (κ1) is 18.2. The topological polar surface area (TPSA) is 17.1 Å². The zero-order valence-corrected chi connectivity index (χ0v) is 14.3. The molecular formula is C21H28O. The van der Waals surface area contributed by atoms with Crippen molar-refractivity contribution in [3.8, 4) is 11.1 Å². The minimum atomic E-state index is 0.407. The number of benzene rings is 2. The quantitative estimate of drug-likeness (QED) is 0.661. The average molecular weight is 296 g/mol. The summed E-state index contributed by atoms with van der Waals surface area (Å²) in [6, 6.07) is 20.8. The molecule has 2 rings (SSSR count). The van der Waals surface area contributed by atoms with Gasteiger partial charge < -0.3 is 0 Å². The van der Waals surface area contributed by atoms with Crippen LogP contribution in [0.2, 0.25) is 0 Å². The van der Waals surface area contributed by atoms with Crippen LogP contribution in [-0.2, 0) is 4.79 Å². The van der Waals surface area contributed by atoms with Crippen molar-refractivity contribution in [2.75, 3.05) is 0 Å². The first-order valence-electron chi connectivity index (χ1n) is 8.11. The smallest absolute Gasteiger partial charge is 0.133 e. The number of carbonyl (C=O) groups excluding carboxylic acids is 1. The van der Waals surface area contributed by atoms with Gasteiger partial charge in [0.25, 0.3) is 0 Å². The van der Waals surface area contributed by atoms with Crippen molar-refractivity contribution in [2.24, 2.45) is 11.8 Å².